The van der Waals surface area contributed by atoms with E-state index in [1.165, 1.54) is 22.4 Å². The molecular weight excluding hydrogens is 485 g/mol. The lowest BCUT2D eigenvalue weighted by Gasteiger charge is -2.30. The molecule has 198 valence electrons. The summed E-state index contributed by atoms with van der Waals surface area (Å²) in [4.78, 5) is 27.4. The molecule has 0 fully saturated rings. The van der Waals surface area contributed by atoms with Crippen LogP contribution in [0.1, 0.15) is 45.6 Å². The number of amides is 2. The first-order chi connectivity index (χ1) is 17.0. The van der Waals surface area contributed by atoms with Gasteiger partial charge in [-0.15, -0.1) is 0 Å². The van der Waals surface area contributed by atoms with Crippen LogP contribution in [-0.2, 0) is 26.2 Å². The number of rotatable bonds is 13. The predicted octanol–water partition coefficient (Wildman–Crippen LogP) is 3.71. The number of carbonyl (C=O) groups excluding carboxylic acids is 2. The number of anilines is 1. The van der Waals surface area contributed by atoms with Crippen LogP contribution >= 0.6 is 0 Å². The average molecular weight is 522 g/mol. The van der Waals surface area contributed by atoms with E-state index >= 15 is 0 Å². The highest BCUT2D eigenvalue weighted by molar-refractivity contribution is 7.92. The fraction of sp³-hybridized carbons (Fsp3) is 0.462. The average Bonchev–Trinajstić information content (AvgIpc) is 2.84. The summed E-state index contributed by atoms with van der Waals surface area (Å²) in [7, 11) is -2.08. The number of sulfonamides is 1. The molecule has 0 aromatic heterocycles. The van der Waals surface area contributed by atoms with E-state index in [9.17, 15) is 22.4 Å². The second-order valence-corrected chi connectivity index (χ2v) is 10.7. The molecule has 2 amide bonds. The number of carbonyl (C=O) groups is 2. The Morgan fingerprint density at radius 1 is 1.08 bits per heavy atom. The standard InChI is InChI=1S/C26H36FN3O5S/c1-6-19(2)28-26(32)20(3)29(18-21-10-7-8-11-24(21)27)25(31)12-9-17-30(36(5,33)34)22-13-15-23(35-4)16-14-22/h7-8,10-11,13-16,19-20H,6,9,12,17-18H2,1-5H3,(H,28,32). The minimum absolute atomic E-state index is 0.0163. The van der Waals surface area contributed by atoms with Crippen LogP contribution in [-0.4, -0.2) is 57.1 Å². The van der Waals surface area contributed by atoms with Gasteiger partial charge < -0.3 is 15.0 Å². The smallest absolute Gasteiger partial charge is 0.242 e. The summed E-state index contributed by atoms with van der Waals surface area (Å²) in [6, 6.07) is 11.8. The van der Waals surface area contributed by atoms with Gasteiger partial charge in [0.2, 0.25) is 21.8 Å². The fourth-order valence-corrected chi connectivity index (χ4v) is 4.58. The van der Waals surface area contributed by atoms with Crippen molar-refractivity contribution in [2.24, 2.45) is 0 Å². The minimum atomic E-state index is -3.60. The van der Waals surface area contributed by atoms with Crippen LogP contribution in [0, 0.1) is 5.82 Å². The summed E-state index contributed by atoms with van der Waals surface area (Å²) in [5.41, 5.74) is 0.750. The number of hydrogen-bond donors (Lipinski definition) is 1. The topological polar surface area (TPSA) is 96.0 Å². The Hall–Kier alpha value is -3.14. The molecule has 0 spiro atoms. The van der Waals surface area contributed by atoms with Crippen molar-refractivity contribution in [3.63, 3.8) is 0 Å². The molecule has 2 rings (SSSR count). The van der Waals surface area contributed by atoms with Gasteiger partial charge in [-0.3, -0.25) is 13.9 Å². The molecule has 0 radical (unpaired) electrons. The Morgan fingerprint density at radius 2 is 1.72 bits per heavy atom. The zero-order valence-corrected chi connectivity index (χ0v) is 22.3. The highest BCUT2D eigenvalue weighted by Crippen LogP contribution is 2.22. The first-order valence-corrected chi connectivity index (χ1v) is 13.8. The number of nitrogens with one attached hydrogen (secondary N) is 1. The summed E-state index contributed by atoms with van der Waals surface area (Å²) in [5.74, 6) is -0.568. The predicted molar refractivity (Wildman–Crippen MR) is 139 cm³/mol. The van der Waals surface area contributed by atoms with Gasteiger partial charge in [0, 0.05) is 31.1 Å². The van der Waals surface area contributed by atoms with Gasteiger partial charge in [-0.05, 0) is 57.0 Å². The normalized spacial score (nSPS) is 12.9. The molecule has 0 saturated heterocycles. The maximum atomic E-state index is 14.4. The Bertz CT molecular complexity index is 1120. The molecule has 0 aliphatic carbocycles. The second-order valence-electron chi connectivity index (χ2n) is 8.74. The molecule has 1 N–H and O–H groups in total. The van der Waals surface area contributed by atoms with Crippen molar-refractivity contribution in [1.82, 2.24) is 10.2 Å². The van der Waals surface area contributed by atoms with Crippen molar-refractivity contribution >= 4 is 27.5 Å². The SMILES string of the molecule is CCC(C)NC(=O)C(C)N(Cc1ccccc1F)C(=O)CCCN(c1ccc(OC)cc1)S(C)(=O)=O. The van der Waals surface area contributed by atoms with Crippen molar-refractivity contribution in [1.29, 1.82) is 0 Å². The number of nitrogens with zero attached hydrogens (tertiary/aromatic N) is 2. The molecule has 2 aromatic rings. The number of hydrogen-bond acceptors (Lipinski definition) is 5. The van der Waals surface area contributed by atoms with Crippen LogP contribution < -0.4 is 14.4 Å². The van der Waals surface area contributed by atoms with Crippen molar-refractivity contribution in [3.8, 4) is 5.75 Å². The quantitative estimate of drug-likeness (QED) is 0.434. The van der Waals surface area contributed by atoms with E-state index in [1.54, 1.807) is 49.4 Å². The molecule has 2 atom stereocenters. The Kier molecular flexibility index (Phi) is 10.7. The molecule has 0 heterocycles. The number of benzene rings is 2. The van der Waals surface area contributed by atoms with Crippen LogP contribution in [0.3, 0.4) is 0 Å². The molecule has 2 unspecified atom stereocenters. The lowest BCUT2D eigenvalue weighted by molar-refractivity contribution is -0.141. The largest absolute Gasteiger partial charge is 0.497 e. The van der Waals surface area contributed by atoms with Gasteiger partial charge in [0.25, 0.3) is 0 Å². The van der Waals surface area contributed by atoms with Gasteiger partial charge in [0.15, 0.2) is 0 Å². The first-order valence-electron chi connectivity index (χ1n) is 11.9. The molecular formula is C26H36FN3O5S. The summed E-state index contributed by atoms with van der Waals surface area (Å²) < 4.78 is 45.5. The van der Waals surface area contributed by atoms with E-state index < -0.39 is 21.9 Å². The second kappa shape index (κ2) is 13.2. The van der Waals surface area contributed by atoms with E-state index in [0.717, 1.165) is 12.7 Å². The van der Waals surface area contributed by atoms with Crippen LogP contribution in [0.5, 0.6) is 5.75 Å². The summed E-state index contributed by atoms with van der Waals surface area (Å²) in [6.45, 7) is 5.41. The molecule has 2 aromatic carbocycles. The van der Waals surface area contributed by atoms with E-state index in [1.807, 2.05) is 13.8 Å². The zero-order valence-electron chi connectivity index (χ0n) is 21.5. The van der Waals surface area contributed by atoms with Crippen LogP contribution in [0.2, 0.25) is 0 Å². The van der Waals surface area contributed by atoms with Crippen molar-refractivity contribution < 1.29 is 27.1 Å². The van der Waals surface area contributed by atoms with Crippen molar-refractivity contribution in [2.45, 2.75) is 58.7 Å². The maximum Gasteiger partial charge on any atom is 0.242 e. The van der Waals surface area contributed by atoms with E-state index in [2.05, 4.69) is 5.32 Å². The highest BCUT2D eigenvalue weighted by atomic mass is 32.2. The van der Waals surface area contributed by atoms with Gasteiger partial charge in [-0.1, -0.05) is 25.1 Å². The molecule has 8 nitrogen and oxygen atoms in total. The summed E-state index contributed by atoms with van der Waals surface area (Å²) in [6.07, 6.45) is 2.03. The first kappa shape index (κ1) is 29.1. The van der Waals surface area contributed by atoms with E-state index in [0.29, 0.717) is 17.0 Å². The molecule has 0 aliphatic heterocycles. The zero-order chi connectivity index (χ0) is 26.9. The van der Waals surface area contributed by atoms with Crippen molar-refractivity contribution in [3.05, 3.63) is 59.9 Å². The molecule has 0 aliphatic rings. The maximum absolute atomic E-state index is 14.4. The van der Waals surface area contributed by atoms with E-state index in [-0.39, 0.29) is 43.8 Å². The minimum Gasteiger partial charge on any atom is -0.497 e. The Labute approximate surface area is 213 Å². The third kappa shape index (κ3) is 8.22. The summed E-state index contributed by atoms with van der Waals surface area (Å²) in [5, 5.41) is 2.87. The highest BCUT2D eigenvalue weighted by Gasteiger charge is 2.28. The third-order valence-corrected chi connectivity index (χ3v) is 7.17. The van der Waals surface area contributed by atoms with Crippen LogP contribution in [0.4, 0.5) is 10.1 Å². The van der Waals surface area contributed by atoms with Crippen LogP contribution in [0.15, 0.2) is 48.5 Å². The number of methoxy groups -OCH3 is 1. The van der Waals surface area contributed by atoms with Crippen LogP contribution in [0.25, 0.3) is 0 Å². The molecule has 36 heavy (non-hydrogen) atoms. The van der Waals surface area contributed by atoms with Gasteiger partial charge >= 0.3 is 0 Å². The monoisotopic (exact) mass is 521 g/mol. The van der Waals surface area contributed by atoms with Gasteiger partial charge in [-0.2, -0.15) is 0 Å². The Morgan fingerprint density at radius 3 is 2.28 bits per heavy atom. The fourth-order valence-electron chi connectivity index (χ4n) is 3.61. The number of ether oxygens (including phenoxy) is 1. The summed E-state index contributed by atoms with van der Waals surface area (Å²) >= 11 is 0. The third-order valence-electron chi connectivity index (χ3n) is 5.98. The molecule has 0 bridgehead atoms. The Balaban J connectivity index is 2.18. The van der Waals surface area contributed by atoms with Crippen molar-refractivity contribution in [2.75, 3.05) is 24.2 Å². The molecule has 0 saturated carbocycles. The van der Waals surface area contributed by atoms with Gasteiger partial charge in [0.1, 0.15) is 17.6 Å². The van der Waals surface area contributed by atoms with Gasteiger partial charge in [0.05, 0.1) is 19.1 Å². The lowest BCUT2D eigenvalue weighted by atomic mass is 10.1. The number of halogens is 1. The van der Waals surface area contributed by atoms with Gasteiger partial charge in [-0.25, -0.2) is 12.8 Å². The lowest BCUT2D eigenvalue weighted by Crippen LogP contribution is -2.49. The molecule has 10 heteroatoms. The van der Waals surface area contributed by atoms with E-state index in [4.69, 9.17) is 4.74 Å².